The van der Waals surface area contributed by atoms with E-state index in [4.69, 9.17) is 4.52 Å². The van der Waals surface area contributed by atoms with Crippen LogP contribution in [0.25, 0.3) is 0 Å². The Labute approximate surface area is 371 Å². The van der Waals surface area contributed by atoms with Gasteiger partial charge in [0, 0.05) is 58.2 Å². The number of nitrogens with zero attached hydrogens (tertiary/aromatic N) is 4. The lowest BCUT2D eigenvalue weighted by atomic mass is 9.84. The Morgan fingerprint density at radius 3 is 1.20 bits per heavy atom. The standard InChI is InChI=1S/C11H16.2C9H13N.C7H11NO.C7H11NS.5C2H6/c1-9-7-5-6-8-10(9)11(2,3)4;1-9(2,3)8-5-4-6-10-7-8;1-9(2,3)8-6-4-5-7-10-8;1-7(2,3)6-4-5-9-8-6;1-7(2,3)6-8-4-5-9-6;5*1-2/h5-8H,1-4H3;2*4-7H,1-3H3;2*4-5H,1-3H3;5*1-2H3. The van der Waals surface area contributed by atoms with Gasteiger partial charge in [-0.05, 0) is 52.6 Å². The molecule has 5 nitrogen and oxygen atoms in total. The molecule has 0 atom stereocenters. The van der Waals surface area contributed by atoms with Gasteiger partial charge in [0.2, 0.25) is 0 Å². The highest BCUT2D eigenvalue weighted by molar-refractivity contribution is 7.09. The minimum absolute atomic E-state index is 0.118. The molecule has 6 heteroatoms. The summed E-state index contributed by atoms with van der Waals surface area (Å²) in [5.74, 6) is 0. The van der Waals surface area contributed by atoms with Crippen LogP contribution >= 0.6 is 11.3 Å². The molecule has 4 aromatic heterocycles. The summed E-state index contributed by atoms with van der Waals surface area (Å²) in [6.07, 6.45) is 9.00. The maximum absolute atomic E-state index is 4.69. The monoisotopic (exact) mass is 835 g/mol. The molecular formula is C53H94N4OS. The summed E-state index contributed by atoms with van der Waals surface area (Å²) in [5.41, 5.74) is 7.31. The third kappa shape index (κ3) is 32.8. The zero-order valence-electron chi connectivity index (χ0n) is 43.3. The smallest absolute Gasteiger partial charge is 0.124 e. The van der Waals surface area contributed by atoms with Gasteiger partial charge in [0.1, 0.15) is 6.26 Å². The molecule has 5 rings (SSSR count). The fraction of sp³-hybridized carbons (Fsp3) is 0.585. The molecule has 0 saturated carbocycles. The third-order valence-corrected chi connectivity index (χ3v) is 8.39. The van der Waals surface area contributed by atoms with Crippen LogP contribution in [-0.4, -0.2) is 20.1 Å². The quantitative estimate of drug-likeness (QED) is 0.155. The van der Waals surface area contributed by atoms with Crippen LogP contribution in [0.5, 0.6) is 0 Å². The van der Waals surface area contributed by atoms with Crippen LogP contribution in [0.2, 0.25) is 0 Å². The average Bonchev–Trinajstić information content (AvgIpc) is 3.97. The van der Waals surface area contributed by atoms with Gasteiger partial charge >= 0.3 is 0 Å². The number of benzene rings is 1. The van der Waals surface area contributed by atoms with Crippen molar-refractivity contribution >= 4 is 11.3 Å². The van der Waals surface area contributed by atoms with Gasteiger partial charge in [0.05, 0.1) is 10.7 Å². The Hall–Kier alpha value is -3.64. The first-order chi connectivity index (χ1) is 27.4. The topological polar surface area (TPSA) is 64.7 Å². The molecule has 1 aromatic carbocycles. The van der Waals surface area contributed by atoms with Gasteiger partial charge in [0.15, 0.2) is 0 Å². The van der Waals surface area contributed by atoms with E-state index in [0.717, 1.165) is 11.4 Å². The van der Waals surface area contributed by atoms with Crippen LogP contribution in [-0.2, 0) is 27.1 Å². The Morgan fingerprint density at radius 2 is 0.966 bits per heavy atom. The highest BCUT2D eigenvalue weighted by atomic mass is 32.1. The van der Waals surface area contributed by atoms with Crippen molar-refractivity contribution in [2.45, 2.75) is 207 Å². The van der Waals surface area contributed by atoms with Crippen LogP contribution in [0, 0.1) is 6.92 Å². The Bertz CT molecular complexity index is 1450. The molecular weight excluding hydrogens is 741 g/mol. The van der Waals surface area contributed by atoms with Crippen LogP contribution in [0.4, 0.5) is 0 Å². The first kappa shape index (κ1) is 64.5. The van der Waals surface area contributed by atoms with Gasteiger partial charge in [-0.25, -0.2) is 4.98 Å². The molecule has 0 aliphatic rings. The molecule has 5 aromatic rings. The number of aryl methyl sites for hydroxylation is 1. The molecule has 0 radical (unpaired) electrons. The molecule has 0 unspecified atom stereocenters. The Balaban J connectivity index is -0.000000195. The Morgan fingerprint density at radius 1 is 0.458 bits per heavy atom. The normalized spacial score (nSPS) is 10.2. The zero-order chi connectivity index (χ0) is 47.5. The summed E-state index contributed by atoms with van der Waals surface area (Å²) in [5, 5.41) is 7.04. The van der Waals surface area contributed by atoms with Crippen molar-refractivity contribution in [3.63, 3.8) is 0 Å². The number of pyridine rings is 2. The van der Waals surface area contributed by atoms with E-state index in [1.807, 2.05) is 117 Å². The fourth-order valence-corrected chi connectivity index (χ4v) is 4.95. The van der Waals surface area contributed by atoms with Crippen molar-refractivity contribution in [2.75, 3.05) is 0 Å². The maximum atomic E-state index is 4.69. The Kier molecular flexibility index (Phi) is 38.4. The lowest BCUT2D eigenvalue weighted by Gasteiger charge is -2.21. The fourth-order valence-electron chi connectivity index (χ4n) is 4.22. The second-order valence-electron chi connectivity index (χ2n) is 17.2. The molecule has 0 fully saturated rings. The molecule has 0 spiro atoms. The third-order valence-electron chi connectivity index (χ3n) is 7.19. The lowest BCUT2D eigenvalue weighted by Crippen LogP contribution is -2.12. The summed E-state index contributed by atoms with van der Waals surface area (Å²) in [4.78, 5) is 12.5. The van der Waals surface area contributed by atoms with Crippen LogP contribution in [0.1, 0.15) is 206 Å². The highest BCUT2D eigenvalue weighted by Crippen LogP contribution is 2.25. The van der Waals surface area contributed by atoms with Crippen LogP contribution in [0.15, 0.2) is 102 Å². The number of thiazole rings is 1. The van der Waals surface area contributed by atoms with Crippen molar-refractivity contribution in [1.29, 1.82) is 0 Å². The van der Waals surface area contributed by atoms with E-state index in [0.29, 0.717) is 0 Å². The van der Waals surface area contributed by atoms with Crippen molar-refractivity contribution in [1.82, 2.24) is 20.1 Å². The number of hydrogen-bond donors (Lipinski definition) is 0. The largest absolute Gasteiger partial charge is 0.364 e. The summed E-state index contributed by atoms with van der Waals surface area (Å²) in [6, 6.07) is 20.5. The van der Waals surface area contributed by atoms with E-state index in [9.17, 15) is 0 Å². The van der Waals surface area contributed by atoms with E-state index in [1.54, 1.807) is 23.8 Å². The van der Waals surface area contributed by atoms with Crippen LogP contribution < -0.4 is 0 Å². The molecule has 0 bridgehead atoms. The molecule has 338 valence electrons. The SMILES string of the molecule is CC.CC.CC.CC.CC.CC(C)(C)c1ccccn1.CC(C)(C)c1cccnc1.CC(C)(C)c1ccon1.CC(C)(C)c1nccs1.Cc1ccccc1C(C)(C)C. The first-order valence-electron chi connectivity index (χ1n) is 22.1. The van der Waals surface area contributed by atoms with Gasteiger partial charge < -0.3 is 4.52 Å². The summed E-state index contributed by atoms with van der Waals surface area (Å²) in [6.45, 7) is 54.8. The second kappa shape index (κ2) is 35.1. The minimum atomic E-state index is 0.118. The van der Waals surface area contributed by atoms with E-state index in [-0.39, 0.29) is 27.1 Å². The van der Waals surface area contributed by atoms with Crippen molar-refractivity contribution in [2.24, 2.45) is 0 Å². The summed E-state index contributed by atoms with van der Waals surface area (Å²) < 4.78 is 4.69. The maximum Gasteiger partial charge on any atom is 0.124 e. The molecule has 0 aliphatic carbocycles. The first-order valence-corrected chi connectivity index (χ1v) is 23.0. The number of aromatic nitrogens is 4. The van der Waals surface area contributed by atoms with E-state index < -0.39 is 0 Å². The van der Waals surface area contributed by atoms with Gasteiger partial charge in [-0.15, -0.1) is 11.3 Å². The lowest BCUT2D eigenvalue weighted by molar-refractivity contribution is 0.393. The molecule has 0 N–H and O–H groups in total. The number of hydrogen-bond acceptors (Lipinski definition) is 6. The average molecular weight is 835 g/mol. The van der Waals surface area contributed by atoms with Crippen LogP contribution in [0.3, 0.4) is 0 Å². The summed E-state index contributed by atoms with van der Waals surface area (Å²) >= 11 is 1.72. The predicted octanol–water partition coefficient (Wildman–Crippen LogP) is 17.6. The minimum Gasteiger partial charge on any atom is -0.364 e. The van der Waals surface area contributed by atoms with E-state index >= 15 is 0 Å². The van der Waals surface area contributed by atoms with E-state index in [1.165, 1.54) is 21.7 Å². The predicted molar refractivity (Wildman–Crippen MR) is 269 cm³/mol. The van der Waals surface area contributed by atoms with E-state index in [2.05, 4.69) is 167 Å². The van der Waals surface area contributed by atoms with Gasteiger partial charge in [-0.3, -0.25) is 9.97 Å². The van der Waals surface area contributed by atoms with Crippen molar-refractivity contribution in [3.05, 3.63) is 130 Å². The second-order valence-corrected chi connectivity index (χ2v) is 18.1. The van der Waals surface area contributed by atoms with Gasteiger partial charge in [-0.1, -0.05) is 215 Å². The van der Waals surface area contributed by atoms with Crippen molar-refractivity contribution in [3.8, 4) is 0 Å². The zero-order valence-corrected chi connectivity index (χ0v) is 44.2. The van der Waals surface area contributed by atoms with Gasteiger partial charge in [0.25, 0.3) is 0 Å². The molecule has 0 saturated heterocycles. The number of rotatable bonds is 0. The molecule has 0 amide bonds. The van der Waals surface area contributed by atoms with Gasteiger partial charge in [-0.2, -0.15) is 0 Å². The highest BCUT2D eigenvalue weighted by Gasteiger charge is 2.17. The summed E-state index contributed by atoms with van der Waals surface area (Å²) in [7, 11) is 0. The molecule has 59 heavy (non-hydrogen) atoms. The van der Waals surface area contributed by atoms with Crippen molar-refractivity contribution < 1.29 is 4.52 Å². The molecule has 4 heterocycles. The molecule has 0 aliphatic heterocycles.